The molecule has 3 rings (SSSR count). The van der Waals surface area contributed by atoms with E-state index in [0.29, 0.717) is 0 Å². The average molecular weight is 595 g/mol. The minimum Gasteiger partial charge on any atom is -0.398 e. The number of hydrogen-bond acceptors (Lipinski definition) is 4. The van der Waals surface area contributed by atoms with Crippen molar-refractivity contribution in [1.29, 1.82) is 0 Å². The average Bonchev–Trinajstić information content (AvgIpc) is 3.09. The lowest BCUT2D eigenvalue weighted by atomic mass is 9.76. The van der Waals surface area contributed by atoms with E-state index < -0.39 is 58.2 Å². The van der Waals surface area contributed by atoms with Crippen LogP contribution >= 0.6 is 0 Å². The first kappa shape index (κ1) is 31.8. The highest BCUT2D eigenvalue weighted by atomic mass is 28.4. The Labute approximate surface area is 227 Å². The summed E-state index contributed by atoms with van der Waals surface area (Å²) in [5.41, 5.74) is -7.36. The molecule has 0 spiro atoms. The molecule has 0 radical (unpaired) electrons. The van der Waals surface area contributed by atoms with Gasteiger partial charge in [-0.1, -0.05) is 60.7 Å². The molecule has 4 atom stereocenters. The van der Waals surface area contributed by atoms with Crippen molar-refractivity contribution in [3.8, 4) is 0 Å². The van der Waals surface area contributed by atoms with Gasteiger partial charge < -0.3 is 18.3 Å². The molecule has 39 heavy (non-hydrogen) atoms. The molecule has 0 amide bonds. The molecule has 2 aromatic carbocycles. The first-order chi connectivity index (χ1) is 17.6. The second kappa shape index (κ2) is 10.3. The van der Waals surface area contributed by atoms with Crippen molar-refractivity contribution in [3.63, 3.8) is 0 Å². The Hall–Kier alpha value is -1.71. The quantitative estimate of drug-likeness (QED) is 0.229. The number of halogens is 6. The van der Waals surface area contributed by atoms with Gasteiger partial charge in [0.15, 0.2) is 22.4 Å². The molecule has 218 valence electrons. The van der Waals surface area contributed by atoms with Gasteiger partial charge in [-0.2, -0.15) is 26.3 Å². The number of hydrogen-bond donors (Lipinski definition) is 0. The zero-order valence-corrected chi connectivity index (χ0v) is 25.3. The van der Waals surface area contributed by atoms with Crippen molar-refractivity contribution in [2.45, 2.75) is 94.7 Å². The predicted molar refractivity (Wildman–Crippen MR) is 141 cm³/mol. The summed E-state index contributed by atoms with van der Waals surface area (Å²) in [7, 11) is -6.26. The van der Waals surface area contributed by atoms with E-state index in [-0.39, 0.29) is 11.1 Å². The van der Waals surface area contributed by atoms with E-state index in [1.54, 1.807) is 39.3 Å². The fourth-order valence-electron chi connectivity index (χ4n) is 5.02. The van der Waals surface area contributed by atoms with Gasteiger partial charge in [0.1, 0.15) is 12.2 Å². The Balaban J connectivity index is 2.49. The molecule has 2 aromatic rings. The Kier molecular flexibility index (Phi) is 8.39. The van der Waals surface area contributed by atoms with Gasteiger partial charge in [-0.05, 0) is 64.3 Å². The summed E-state index contributed by atoms with van der Waals surface area (Å²) in [5.74, 6) is -1.84. The highest BCUT2D eigenvalue weighted by Crippen LogP contribution is 2.59. The van der Waals surface area contributed by atoms with Gasteiger partial charge in [0, 0.05) is 0 Å². The van der Waals surface area contributed by atoms with E-state index in [4.69, 9.17) is 18.3 Å². The van der Waals surface area contributed by atoms with E-state index in [2.05, 4.69) is 0 Å². The lowest BCUT2D eigenvalue weighted by Crippen LogP contribution is -2.67. The first-order valence-electron chi connectivity index (χ1n) is 12.6. The largest absolute Gasteiger partial charge is 0.423 e. The Bertz CT molecular complexity index is 1030. The van der Waals surface area contributed by atoms with Crippen molar-refractivity contribution in [1.82, 2.24) is 0 Å². The summed E-state index contributed by atoms with van der Waals surface area (Å²) >= 11 is 0. The predicted octanol–water partition coefficient (Wildman–Crippen LogP) is 8.13. The van der Waals surface area contributed by atoms with E-state index in [1.807, 2.05) is 0 Å². The van der Waals surface area contributed by atoms with Crippen LogP contribution in [-0.2, 0) is 29.5 Å². The van der Waals surface area contributed by atoms with Gasteiger partial charge in [0.05, 0.1) is 0 Å². The standard InChI is InChI=1S/C27H36F6O4Si2/c1-23(2)34-21(24(26(28,29)30,36-38(3,4)5)19-15-11-9-12-16-19)22(35-23)25(27(31,32)33,37-39(6,7)8)20-17-13-10-14-18-20/h9-18,21-22H,1-8H3/t21-,22-,24-,25?/m1/s1. The zero-order chi connectivity index (χ0) is 29.7. The molecular formula is C27H36F6O4Si2. The molecule has 4 nitrogen and oxygen atoms in total. The Morgan fingerprint density at radius 1 is 0.590 bits per heavy atom. The molecule has 0 N–H and O–H groups in total. The summed E-state index contributed by atoms with van der Waals surface area (Å²) in [6.45, 7) is 11.8. The molecule has 1 aliphatic rings. The van der Waals surface area contributed by atoms with Crippen LogP contribution in [0.2, 0.25) is 39.3 Å². The third-order valence-corrected chi connectivity index (χ3v) is 7.95. The summed E-state index contributed by atoms with van der Waals surface area (Å²) < 4.78 is 117. The lowest BCUT2D eigenvalue weighted by Gasteiger charge is -2.50. The van der Waals surface area contributed by atoms with E-state index in [0.717, 1.165) is 0 Å². The van der Waals surface area contributed by atoms with Crippen LogP contribution in [0.5, 0.6) is 0 Å². The van der Waals surface area contributed by atoms with Crippen LogP contribution in [0.3, 0.4) is 0 Å². The minimum absolute atomic E-state index is 0.381. The van der Waals surface area contributed by atoms with Crippen molar-refractivity contribution in [2.24, 2.45) is 0 Å². The topological polar surface area (TPSA) is 36.9 Å². The van der Waals surface area contributed by atoms with Gasteiger partial charge >= 0.3 is 12.4 Å². The van der Waals surface area contributed by atoms with E-state index >= 15 is 26.3 Å². The molecule has 0 aliphatic carbocycles. The number of rotatable bonds is 8. The van der Waals surface area contributed by atoms with E-state index in [9.17, 15) is 0 Å². The molecule has 12 heteroatoms. The van der Waals surface area contributed by atoms with Crippen LogP contribution in [0, 0.1) is 0 Å². The van der Waals surface area contributed by atoms with Crippen molar-refractivity contribution < 1.29 is 44.7 Å². The smallest absolute Gasteiger partial charge is 0.398 e. The lowest BCUT2D eigenvalue weighted by molar-refractivity contribution is -0.323. The molecule has 0 aromatic heterocycles. The number of ether oxygens (including phenoxy) is 2. The molecule has 1 heterocycles. The van der Waals surface area contributed by atoms with Crippen molar-refractivity contribution in [2.75, 3.05) is 0 Å². The van der Waals surface area contributed by atoms with Crippen molar-refractivity contribution >= 4 is 16.6 Å². The van der Waals surface area contributed by atoms with Crippen LogP contribution < -0.4 is 0 Å². The van der Waals surface area contributed by atoms with Gasteiger partial charge in [-0.25, -0.2) is 0 Å². The molecule has 1 fully saturated rings. The first-order valence-corrected chi connectivity index (χ1v) is 19.4. The molecule has 1 unspecified atom stereocenters. The summed E-state index contributed by atoms with van der Waals surface area (Å²) in [6.07, 6.45) is -15.0. The maximum atomic E-state index is 15.5. The molecular weight excluding hydrogens is 558 g/mol. The third kappa shape index (κ3) is 6.30. The minimum atomic E-state index is -5.20. The molecule has 0 bridgehead atoms. The maximum absolute atomic E-state index is 15.5. The fourth-order valence-corrected chi connectivity index (χ4v) is 7.65. The highest BCUT2D eigenvalue weighted by Gasteiger charge is 2.76. The summed E-state index contributed by atoms with van der Waals surface area (Å²) in [5, 5.41) is 0. The fraction of sp³-hybridized carbons (Fsp3) is 0.556. The second-order valence-electron chi connectivity index (χ2n) is 12.1. The van der Waals surface area contributed by atoms with Gasteiger partial charge in [-0.15, -0.1) is 0 Å². The van der Waals surface area contributed by atoms with Crippen LogP contribution in [0.15, 0.2) is 60.7 Å². The van der Waals surface area contributed by atoms with Gasteiger partial charge in [-0.3, -0.25) is 0 Å². The molecule has 1 saturated heterocycles. The normalized spacial score (nSPS) is 23.7. The SMILES string of the molecule is CC1(C)O[C@@H](C(O[Si](C)(C)C)(c2ccccc2)C(F)(F)F)[C@H]([C@](O[Si](C)(C)C)(c2ccccc2)C(F)(F)F)O1. The van der Waals surface area contributed by atoms with Gasteiger partial charge in [0.2, 0.25) is 11.2 Å². The highest BCUT2D eigenvalue weighted by molar-refractivity contribution is 6.70. The van der Waals surface area contributed by atoms with E-state index in [1.165, 1.54) is 74.5 Å². The maximum Gasteiger partial charge on any atom is 0.423 e. The van der Waals surface area contributed by atoms with Gasteiger partial charge in [0.25, 0.3) is 0 Å². The molecule has 0 saturated carbocycles. The number of alkyl halides is 6. The monoisotopic (exact) mass is 594 g/mol. The van der Waals surface area contributed by atoms with Crippen LogP contribution in [0.1, 0.15) is 25.0 Å². The Morgan fingerprint density at radius 2 is 0.872 bits per heavy atom. The summed E-state index contributed by atoms with van der Waals surface area (Å²) in [4.78, 5) is 0. The molecule has 1 aliphatic heterocycles. The zero-order valence-electron chi connectivity index (χ0n) is 23.3. The van der Waals surface area contributed by atoms with Crippen LogP contribution in [0.4, 0.5) is 26.3 Å². The van der Waals surface area contributed by atoms with Crippen LogP contribution in [-0.4, -0.2) is 47.0 Å². The van der Waals surface area contributed by atoms with Crippen LogP contribution in [0.25, 0.3) is 0 Å². The summed E-state index contributed by atoms with van der Waals surface area (Å²) in [6, 6.07) is 13.3. The second-order valence-corrected chi connectivity index (χ2v) is 21.0. The van der Waals surface area contributed by atoms with Crippen molar-refractivity contribution in [3.05, 3.63) is 71.8 Å². The number of benzene rings is 2. The third-order valence-electron chi connectivity index (χ3n) is 6.08. The Morgan fingerprint density at radius 3 is 1.10 bits per heavy atom.